The number of aryl methyl sites for hydroxylation is 1. The smallest absolute Gasteiger partial charge is 0.312 e. The SMILES string of the molecule is [N-]=[N+]=N[C@@H](CCCc1ccccc1)C(=O)O. The van der Waals surface area contributed by atoms with Crippen LogP contribution in [0.25, 0.3) is 10.4 Å². The minimum absolute atomic E-state index is 0.369. The Morgan fingerprint density at radius 3 is 2.69 bits per heavy atom. The predicted octanol–water partition coefficient (Wildman–Crippen LogP) is 2.77. The van der Waals surface area contributed by atoms with E-state index in [1.807, 2.05) is 30.3 Å². The molecule has 0 aliphatic heterocycles. The Hall–Kier alpha value is -2.00. The van der Waals surface area contributed by atoms with Crippen LogP contribution in [0, 0.1) is 0 Å². The number of rotatable bonds is 6. The highest BCUT2D eigenvalue weighted by Gasteiger charge is 2.14. The molecule has 0 fully saturated rings. The van der Waals surface area contributed by atoms with Crippen LogP contribution in [0.5, 0.6) is 0 Å². The highest BCUT2D eigenvalue weighted by atomic mass is 16.4. The van der Waals surface area contributed by atoms with Gasteiger partial charge >= 0.3 is 5.97 Å². The molecular formula is C11H13N3O2. The third kappa shape index (κ3) is 4.02. The van der Waals surface area contributed by atoms with Gasteiger partial charge in [-0.15, -0.1) is 0 Å². The van der Waals surface area contributed by atoms with Gasteiger partial charge in [-0.25, -0.2) is 0 Å². The van der Waals surface area contributed by atoms with Crippen molar-refractivity contribution in [3.05, 3.63) is 46.3 Å². The van der Waals surface area contributed by atoms with Crippen LogP contribution in [0.2, 0.25) is 0 Å². The Kier molecular flexibility index (Phi) is 4.89. The normalized spacial score (nSPS) is 11.5. The van der Waals surface area contributed by atoms with E-state index in [0.29, 0.717) is 12.8 Å². The third-order valence-electron chi connectivity index (χ3n) is 2.26. The predicted molar refractivity (Wildman–Crippen MR) is 59.9 cm³/mol. The zero-order valence-electron chi connectivity index (χ0n) is 8.78. The first kappa shape index (κ1) is 12.1. The molecule has 0 saturated carbocycles. The number of aliphatic carboxylic acids is 1. The summed E-state index contributed by atoms with van der Waals surface area (Å²) in [6.07, 6.45) is 1.86. The summed E-state index contributed by atoms with van der Waals surface area (Å²) >= 11 is 0. The van der Waals surface area contributed by atoms with Crippen LogP contribution >= 0.6 is 0 Å². The van der Waals surface area contributed by atoms with Crippen molar-refractivity contribution in [1.29, 1.82) is 0 Å². The first-order chi connectivity index (χ1) is 7.74. The van der Waals surface area contributed by atoms with E-state index in [1.54, 1.807) is 0 Å². The number of hydrogen-bond acceptors (Lipinski definition) is 2. The fraction of sp³-hybridized carbons (Fsp3) is 0.364. The fourth-order valence-electron chi connectivity index (χ4n) is 1.44. The number of hydrogen-bond donors (Lipinski definition) is 1. The van der Waals surface area contributed by atoms with Crippen molar-refractivity contribution < 1.29 is 9.90 Å². The first-order valence-corrected chi connectivity index (χ1v) is 5.05. The summed E-state index contributed by atoms with van der Waals surface area (Å²) in [5, 5.41) is 12.0. The molecule has 0 heterocycles. The lowest BCUT2D eigenvalue weighted by atomic mass is 10.1. The van der Waals surface area contributed by atoms with E-state index in [2.05, 4.69) is 10.0 Å². The lowest BCUT2D eigenvalue weighted by Crippen LogP contribution is -2.17. The van der Waals surface area contributed by atoms with Gasteiger partial charge in [0.05, 0.1) is 0 Å². The van der Waals surface area contributed by atoms with Crippen LogP contribution in [0.3, 0.4) is 0 Å². The average molecular weight is 219 g/mol. The van der Waals surface area contributed by atoms with Crippen molar-refractivity contribution in [3.63, 3.8) is 0 Å². The Labute approximate surface area is 93.3 Å². The lowest BCUT2D eigenvalue weighted by Gasteiger charge is -2.05. The van der Waals surface area contributed by atoms with E-state index in [1.165, 1.54) is 0 Å². The molecule has 1 atom stereocenters. The quantitative estimate of drug-likeness (QED) is 0.453. The number of carbonyl (C=O) groups is 1. The summed E-state index contributed by atoms with van der Waals surface area (Å²) in [7, 11) is 0. The van der Waals surface area contributed by atoms with Crippen LogP contribution in [0.15, 0.2) is 35.4 Å². The topological polar surface area (TPSA) is 86.1 Å². The van der Waals surface area contributed by atoms with E-state index in [-0.39, 0.29) is 0 Å². The molecule has 0 bridgehead atoms. The maximum absolute atomic E-state index is 10.7. The van der Waals surface area contributed by atoms with Gasteiger partial charge in [0.2, 0.25) is 0 Å². The van der Waals surface area contributed by atoms with Crippen molar-refractivity contribution in [1.82, 2.24) is 0 Å². The minimum Gasteiger partial charge on any atom is -0.481 e. The number of benzene rings is 1. The standard InChI is InChI=1S/C11H13N3O2/c12-14-13-10(11(15)16)8-4-7-9-5-2-1-3-6-9/h1-3,5-6,10H,4,7-8H2,(H,15,16)/t10-/m0/s1. The highest BCUT2D eigenvalue weighted by Crippen LogP contribution is 2.08. The second-order valence-corrected chi connectivity index (χ2v) is 3.44. The van der Waals surface area contributed by atoms with Crippen LogP contribution in [-0.2, 0) is 11.2 Å². The van der Waals surface area contributed by atoms with Crippen LogP contribution in [0.1, 0.15) is 18.4 Å². The van der Waals surface area contributed by atoms with Gasteiger partial charge in [0.1, 0.15) is 6.04 Å². The van der Waals surface area contributed by atoms with E-state index in [4.69, 9.17) is 10.6 Å². The summed E-state index contributed by atoms with van der Waals surface area (Å²) in [6, 6.07) is 8.85. The van der Waals surface area contributed by atoms with Crippen molar-refractivity contribution in [2.24, 2.45) is 5.11 Å². The Bertz CT molecular complexity index is 383. The summed E-state index contributed by atoms with van der Waals surface area (Å²) in [6.45, 7) is 0. The van der Waals surface area contributed by atoms with Crippen molar-refractivity contribution in [3.8, 4) is 0 Å². The van der Waals surface area contributed by atoms with Crippen LogP contribution in [0.4, 0.5) is 0 Å². The van der Waals surface area contributed by atoms with Gasteiger partial charge in [-0.3, -0.25) is 4.79 Å². The van der Waals surface area contributed by atoms with Gasteiger partial charge in [0.25, 0.3) is 0 Å². The van der Waals surface area contributed by atoms with Crippen molar-refractivity contribution >= 4 is 5.97 Å². The van der Waals surface area contributed by atoms with Gasteiger partial charge in [-0.2, -0.15) is 0 Å². The van der Waals surface area contributed by atoms with Crippen molar-refractivity contribution in [2.75, 3.05) is 0 Å². The van der Waals surface area contributed by atoms with Gasteiger partial charge in [0.15, 0.2) is 0 Å². The number of carboxylic acid groups (broad SMARTS) is 1. The lowest BCUT2D eigenvalue weighted by molar-refractivity contribution is -0.138. The van der Waals surface area contributed by atoms with E-state index >= 15 is 0 Å². The molecule has 0 spiro atoms. The Balaban J connectivity index is 2.39. The third-order valence-corrected chi connectivity index (χ3v) is 2.26. The van der Waals surface area contributed by atoms with Gasteiger partial charge in [-0.1, -0.05) is 35.4 Å². The maximum Gasteiger partial charge on any atom is 0.312 e. The molecule has 0 amide bonds. The molecule has 0 aliphatic rings. The molecule has 0 unspecified atom stereocenters. The molecule has 5 heteroatoms. The molecule has 0 radical (unpaired) electrons. The average Bonchev–Trinajstić information content (AvgIpc) is 2.29. The number of nitrogens with zero attached hydrogens (tertiary/aromatic N) is 3. The van der Waals surface area contributed by atoms with E-state index in [0.717, 1.165) is 12.0 Å². The summed E-state index contributed by atoms with van der Waals surface area (Å²) < 4.78 is 0. The van der Waals surface area contributed by atoms with Crippen molar-refractivity contribution in [2.45, 2.75) is 25.3 Å². The highest BCUT2D eigenvalue weighted by molar-refractivity contribution is 5.73. The van der Waals surface area contributed by atoms with Gasteiger partial charge in [-0.05, 0) is 30.4 Å². The molecule has 1 aromatic carbocycles. The Morgan fingerprint density at radius 1 is 1.44 bits per heavy atom. The second kappa shape index (κ2) is 6.48. The molecular weight excluding hydrogens is 206 g/mol. The number of carboxylic acids is 1. The molecule has 1 N–H and O–H groups in total. The fourth-order valence-corrected chi connectivity index (χ4v) is 1.44. The second-order valence-electron chi connectivity index (χ2n) is 3.44. The van der Waals surface area contributed by atoms with Crippen LogP contribution in [-0.4, -0.2) is 17.1 Å². The van der Waals surface area contributed by atoms with Gasteiger partial charge < -0.3 is 5.11 Å². The molecule has 84 valence electrons. The molecule has 1 rings (SSSR count). The van der Waals surface area contributed by atoms with E-state index in [9.17, 15) is 4.79 Å². The molecule has 0 aliphatic carbocycles. The van der Waals surface area contributed by atoms with Crippen LogP contribution < -0.4 is 0 Å². The minimum atomic E-state index is -1.06. The summed E-state index contributed by atoms with van der Waals surface area (Å²) in [5.41, 5.74) is 9.36. The maximum atomic E-state index is 10.7. The van der Waals surface area contributed by atoms with Gasteiger partial charge in [0, 0.05) is 4.91 Å². The summed E-state index contributed by atoms with van der Waals surface area (Å²) in [5.74, 6) is -1.06. The zero-order chi connectivity index (χ0) is 11.8. The molecule has 16 heavy (non-hydrogen) atoms. The molecule has 0 saturated heterocycles. The molecule has 1 aromatic rings. The van der Waals surface area contributed by atoms with E-state index < -0.39 is 12.0 Å². The Morgan fingerprint density at radius 2 is 2.12 bits per heavy atom. The first-order valence-electron chi connectivity index (χ1n) is 5.05. The zero-order valence-corrected chi connectivity index (χ0v) is 8.78. The molecule has 5 nitrogen and oxygen atoms in total. The largest absolute Gasteiger partial charge is 0.481 e. The molecule has 0 aromatic heterocycles. The monoisotopic (exact) mass is 219 g/mol. The number of azide groups is 1. The summed E-state index contributed by atoms with van der Waals surface area (Å²) in [4.78, 5) is 13.2.